The highest BCUT2D eigenvalue weighted by Crippen LogP contribution is 2.26. The van der Waals surface area contributed by atoms with Gasteiger partial charge in [-0.1, -0.05) is 17.7 Å². The molecule has 0 spiro atoms. The molecule has 0 fully saturated rings. The molecule has 1 heterocycles. The monoisotopic (exact) mass is 326 g/mol. The van der Waals surface area contributed by atoms with Crippen LogP contribution < -0.4 is 10.5 Å². The van der Waals surface area contributed by atoms with Crippen molar-refractivity contribution < 1.29 is 4.74 Å². The fraction of sp³-hybridized carbons (Fsp3) is 0.154. The van der Waals surface area contributed by atoms with Crippen LogP contribution in [0, 0.1) is 0 Å². The predicted molar refractivity (Wildman–Crippen MR) is 75.6 cm³/mol. The lowest BCUT2D eigenvalue weighted by molar-refractivity contribution is 0.298. The standard InChI is InChI=1S/C13H12BrClN2O/c14-9-4-5-10(17-7-9)8-18-13-3-1-2-12(15)11(13)6-16/h1-5,7H,6,8,16H2. The van der Waals surface area contributed by atoms with Crippen molar-refractivity contribution in [2.45, 2.75) is 13.2 Å². The maximum Gasteiger partial charge on any atom is 0.130 e. The fourth-order valence-electron chi connectivity index (χ4n) is 1.52. The summed E-state index contributed by atoms with van der Waals surface area (Å²) in [6.45, 7) is 0.739. The molecular formula is C13H12BrClN2O. The van der Waals surface area contributed by atoms with E-state index in [1.165, 1.54) is 0 Å². The largest absolute Gasteiger partial charge is 0.487 e. The van der Waals surface area contributed by atoms with E-state index in [0.717, 1.165) is 15.7 Å². The van der Waals surface area contributed by atoms with Crippen LogP contribution in [-0.4, -0.2) is 4.98 Å². The maximum absolute atomic E-state index is 6.05. The van der Waals surface area contributed by atoms with Crippen molar-refractivity contribution >= 4 is 27.5 Å². The number of nitrogens with zero attached hydrogens (tertiary/aromatic N) is 1. The molecule has 0 radical (unpaired) electrons. The van der Waals surface area contributed by atoms with Crippen molar-refractivity contribution in [2.75, 3.05) is 0 Å². The van der Waals surface area contributed by atoms with Crippen LogP contribution >= 0.6 is 27.5 Å². The van der Waals surface area contributed by atoms with Crippen molar-refractivity contribution in [1.29, 1.82) is 0 Å². The highest BCUT2D eigenvalue weighted by Gasteiger charge is 2.06. The van der Waals surface area contributed by atoms with E-state index in [1.54, 1.807) is 12.3 Å². The summed E-state index contributed by atoms with van der Waals surface area (Å²) in [6.07, 6.45) is 1.74. The van der Waals surface area contributed by atoms with Gasteiger partial charge >= 0.3 is 0 Å². The van der Waals surface area contributed by atoms with E-state index >= 15 is 0 Å². The van der Waals surface area contributed by atoms with Gasteiger partial charge in [0.2, 0.25) is 0 Å². The minimum atomic E-state index is 0.350. The summed E-state index contributed by atoms with van der Waals surface area (Å²) in [6, 6.07) is 9.32. The third kappa shape index (κ3) is 3.22. The summed E-state index contributed by atoms with van der Waals surface area (Å²) in [4.78, 5) is 4.24. The second kappa shape index (κ2) is 6.18. The Labute approximate surface area is 119 Å². The predicted octanol–water partition coefficient (Wildman–Crippen LogP) is 3.54. The second-order valence-electron chi connectivity index (χ2n) is 3.68. The molecule has 0 amide bonds. The Hall–Kier alpha value is -1.10. The first-order valence-electron chi connectivity index (χ1n) is 5.41. The molecule has 0 aliphatic rings. The van der Waals surface area contributed by atoms with E-state index < -0.39 is 0 Å². The molecule has 0 saturated heterocycles. The van der Waals surface area contributed by atoms with E-state index in [-0.39, 0.29) is 0 Å². The average molecular weight is 328 g/mol. The van der Waals surface area contributed by atoms with Crippen LogP contribution in [0.5, 0.6) is 5.75 Å². The van der Waals surface area contributed by atoms with Crippen LogP contribution in [0.25, 0.3) is 0 Å². The SMILES string of the molecule is NCc1c(Cl)cccc1OCc1ccc(Br)cn1. The minimum Gasteiger partial charge on any atom is -0.487 e. The van der Waals surface area contributed by atoms with Crippen LogP contribution in [0.3, 0.4) is 0 Å². The molecule has 5 heteroatoms. The summed E-state index contributed by atoms with van der Waals surface area (Å²) in [5.74, 6) is 0.703. The number of aromatic nitrogens is 1. The molecule has 2 N–H and O–H groups in total. The third-order valence-corrected chi connectivity index (χ3v) is 3.27. The normalized spacial score (nSPS) is 10.4. The fourth-order valence-corrected chi connectivity index (χ4v) is 1.99. The zero-order valence-corrected chi connectivity index (χ0v) is 11.9. The van der Waals surface area contributed by atoms with E-state index in [0.29, 0.717) is 23.9 Å². The lowest BCUT2D eigenvalue weighted by Crippen LogP contribution is -2.04. The van der Waals surface area contributed by atoms with Crippen LogP contribution in [0.2, 0.25) is 5.02 Å². The highest BCUT2D eigenvalue weighted by molar-refractivity contribution is 9.10. The molecule has 3 nitrogen and oxygen atoms in total. The number of hydrogen-bond donors (Lipinski definition) is 1. The molecule has 94 valence electrons. The smallest absolute Gasteiger partial charge is 0.130 e. The van der Waals surface area contributed by atoms with E-state index in [4.69, 9.17) is 22.1 Å². The molecule has 1 aromatic heterocycles. The molecule has 0 aliphatic heterocycles. The number of ether oxygens (including phenoxy) is 1. The summed E-state index contributed by atoms with van der Waals surface area (Å²) < 4.78 is 6.63. The van der Waals surface area contributed by atoms with Gasteiger partial charge in [-0.15, -0.1) is 0 Å². The molecule has 0 saturated carbocycles. The van der Waals surface area contributed by atoms with Crippen LogP contribution in [-0.2, 0) is 13.2 Å². The number of pyridine rings is 1. The van der Waals surface area contributed by atoms with Crippen LogP contribution in [0.4, 0.5) is 0 Å². The van der Waals surface area contributed by atoms with Crippen molar-refractivity contribution in [3.05, 3.63) is 57.3 Å². The van der Waals surface area contributed by atoms with E-state index in [1.807, 2.05) is 24.3 Å². The Morgan fingerprint density at radius 2 is 2.11 bits per heavy atom. The van der Waals surface area contributed by atoms with E-state index in [2.05, 4.69) is 20.9 Å². The molecular weight excluding hydrogens is 316 g/mol. The Morgan fingerprint density at radius 1 is 1.28 bits per heavy atom. The van der Waals surface area contributed by atoms with Gasteiger partial charge in [-0.05, 0) is 40.2 Å². The lowest BCUT2D eigenvalue weighted by atomic mass is 10.2. The first-order chi connectivity index (χ1) is 8.70. The van der Waals surface area contributed by atoms with Gasteiger partial charge in [-0.2, -0.15) is 0 Å². The van der Waals surface area contributed by atoms with E-state index in [9.17, 15) is 0 Å². The number of nitrogens with two attached hydrogens (primary N) is 1. The van der Waals surface area contributed by atoms with Gasteiger partial charge in [0.05, 0.1) is 5.69 Å². The summed E-state index contributed by atoms with van der Waals surface area (Å²) >= 11 is 9.39. The molecule has 0 aliphatic carbocycles. The molecule has 0 atom stereocenters. The van der Waals surface area contributed by atoms with Gasteiger partial charge in [0.1, 0.15) is 12.4 Å². The summed E-state index contributed by atoms with van der Waals surface area (Å²) in [5.41, 5.74) is 7.32. The van der Waals surface area contributed by atoms with Crippen molar-refractivity contribution in [1.82, 2.24) is 4.98 Å². The van der Waals surface area contributed by atoms with Crippen LogP contribution in [0.15, 0.2) is 41.0 Å². The van der Waals surface area contributed by atoms with Crippen molar-refractivity contribution in [3.8, 4) is 5.75 Å². The lowest BCUT2D eigenvalue weighted by Gasteiger charge is -2.11. The van der Waals surface area contributed by atoms with Crippen molar-refractivity contribution in [2.24, 2.45) is 5.73 Å². The van der Waals surface area contributed by atoms with Gasteiger partial charge in [0.25, 0.3) is 0 Å². The maximum atomic E-state index is 6.05. The number of rotatable bonds is 4. The van der Waals surface area contributed by atoms with Gasteiger partial charge in [-0.3, -0.25) is 4.98 Å². The zero-order valence-electron chi connectivity index (χ0n) is 9.57. The molecule has 2 rings (SSSR count). The quantitative estimate of drug-likeness (QED) is 0.934. The Kier molecular flexibility index (Phi) is 4.58. The van der Waals surface area contributed by atoms with Crippen molar-refractivity contribution in [3.63, 3.8) is 0 Å². The zero-order chi connectivity index (χ0) is 13.0. The average Bonchev–Trinajstić information content (AvgIpc) is 2.38. The first-order valence-corrected chi connectivity index (χ1v) is 6.58. The van der Waals surface area contributed by atoms with Gasteiger partial charge < -0.3 is 10.5 Å². The number of halogens is 2. The molecule has 2 aromatic rings. The minimum absolute atomic E-state index is 0.350. The molecule has 1 aromatic carbocycles. The topological polar surface area (TPSA) is 48.1 Å². The Morgan fingerprint density at radius 3 is 2.78 bits per heavy atom. The van der Waals surface area contributed by atoms with Gasteiger partial charge in [-0.25, -0.2) is 0 Å². The molecule has 0 unspecified atom stereocenters. The molecule has 18 heavy (non-hydrogen) atoms. The molecule has 0 bridgehead atoms. The highest BCUT2D eigenvalue weighted by atomic mass is 79.9. The van der Waals surface area contributed by atoms with Crippen LogP contribution in [0.1, 0.15) is 11.3 Å². The number of hydrogen-bond acceptors (Lipinski definition) is 3. The summed E-state index contributed by atoms with van der Waals surface area (Å²) in [7, 11) is 0. The van der Waals surface area contributed by atoms with Gasteiger partial charge in [0, 0.05) is 27.8 Å². The third-order valence-electron chi connectivity index (χ3n) is 2.44. The first kappa shape index (κ1) is 13.3. The summed E-state index contributed by atoms with van der Waals surface area (Å²) in [5, 5.41) is 0.624. The number of benzene rings is 1. The van der Waals surface area contributed by atoms with Gasteiger partial charge in [0.15, 0.2) is 0 Å². The Balaban J connectivity index is 2.10. The second-order valence-corrected chi connectivity index (χ2v) is 5.00. The Bertz CT molecular complexity index is 531.